The van der Waals surface area contributed by atoms with E-state index in [1.54, 1.807) is 0 Å². The Hall–Kier alpha value is -0.570. The molecule has 1 saturated carbocycles. The fourth-order valence-corrected chi connectivity index (χ4v) is 1.75. The van der Waals surface area contributed by atoms with Gasteiger partial charge in [0.2, 0.25) is 0 Å². The predicted molar refractivity (Wildman–Crippen MR) is 49.2 cm³/mol. The molecular formula is C10H18O3. The maximum absolute atomic E-state index is 11.0. The Labute approximate surface area is 79.1 Å². The molecule has 0 unspecified atom stereocenters. The number of esters is 1. The Morgan fingerprint density at radius 2 is 2.23 bits per heavy atom. The first-order valence-corrected chi connectivity index (χ1v) is 4.98. The van der Waals surface area contributed by atoms with E-state index in [1.165, 1.54) is 13.3 Å². The van der Waals surface area contributed by atoms with Gasteiger partial charge in [0, 0.05) is 0 Å². The molecule has 0 heterocycles. The number of aliphatic hydroxyl groups excluding tert-OH is 1. The van der Waals surface area contributed by atoms with E-state index in [1.807, 2.05) is 0 Å². The van der Waals surface area contributed by atoms with Gasteiger partial charge in [0.05, 0.1) is 0 Å². The summed E-state index contributed by atoms with van der Waals surface area (Å²) in [5, 5.41) is 8.94. The van der Waals surface area contributed by atoms with Crippen LogP contribution >= 0.6 is 0 Å². The molecule has 0 aromatic rings. The predicted octanol–water partition coefficient (Wildman–Crippen LogP) is 1.49. The summed E-state index contributed by atoms with van der Waals surface area (Å²) in [6.45, 7) is 3.61. The Morgan fingerprint density at radius 1 is 1.54 bits per heavy atom. The number of carbonyl (C=O) groups is 1. The molecule has 3 nitrogen and oxygen atoms in total. The smallest absolute Gasteiger partial charge is 0.334 e. The molecule has 0 bridgehead atoms. The highest BCUT2D eigenvalue weighted by molar-refractivity contribution is 5.73. The number of ether oxygens (including phenoxy) is 1. The van der Waals surface area contributed by atoms with Crippen molar-refractivity contribution in [2.75, 3.05) is 0 Å². The van der Waals surface area contributed by atoms with Crippen LogP contribution in [-0.2, 0) is 9.53 Å². The van der Waals surface area contributed by atoms with Crippen LogP contribution in [-0.4, -0.2) is 23.3 Å². The summed E-state index contributed by atoms with van der Waals surface area (Å²) in [6.07, 6.45) is 3.28. The highest BCUT2D eigenvalue weighted by atomic mass is 16.6. The molecule has 76 valence electrons. The van der Waals surface area contributed by atoms with Gasteiger partial charge in [-0.2, -0.15) is 0 Å². The second-order valence-electron chi connectivity index (χ2n) is 4.01. The van der Waals surface area contributed by atoms with E-state index < -0.39 is 12.1 Å². The third-order valence-corrected chi connectivity index (χ3v) is 2.51. The lowest BCUT2D eigenvalue weighted by molar-refractivity contribution is -0.160. The average Bonchev–Trinajstić information content (AvgIpc) is 2.04. The number of carbonyl (C=O) groups excluding carboxylic acids is 1. The minimum atomic E-state index is -0.989. The number of hydrogen-bond acceptors (Lipinski definition) is 3. The Balaban J connectivity index is 2.31. The lowest BCUT2D eigenvalue weighted by Gasteiger charge is -2.26. The zero-order chi connectivity index (χ0) is 9.84. The fourth-order valence-electron chi connectivity index (χ4n) is 1.75. The van der Waals surface area contributed by atoms with E-state index >= 15 is 0 Å². The van der Waals surface area contributed by atoms with Crippen molar-refractivity contribution in [3.63, 3.8) is 0 Å². The van der Waals surface area contributed by atoms with Crippen LogP contribution in [0.3, 0.4) is 0 Å². The lowest BCUT2D eigenvalue weighted by Crippen LogP contribution is -2.29. The highest BCUT2D eigenvalue weighted by Crippen LogP contribution is 2.25. The van der Waals surface area contributed by atoms with E-state index in [0.717, 1.165) is 19.3 Å². The van der Waals surface area contributed by atoms with Crippen LogP contribution in [0, 0.1) is 5.92 Å². The molecule has 1 fully saturated rings. The van der Waals surface area contributed by atoms with Gasteiger partial charge in [0.15, 0.2) is 0 Å². The van der Waals surface area contributed by atoms with Crippen molar-refractivity contribution >= 4 is 5.97 Å². The molecule has 1 N–H and O–H groups in total. The Morgan fingerprint density at radius 3 is 2.77 bits per heavy atom. The van der Waals surface area contributed by atoms with Gasteiger partial charge in [-0.15, -0.1) is 0 Å². The van der Waals surface area contributed by atoms with Crippen LogP contribution in [0.5, 0.6) is 0 Å². The molecule has 0 spiro atoms. The van der Waals surface area contributed by atoms with E-state index in [2.05, 4.69) is 6.92 Å². The van der Waals surface area contributed by atoms with Crippen LogP contribution in [0.4, 0.5) is 0 Å². The van der Waals surface area contributed by atoms with Gasteiger partial charge in [-0.1, -0.05) is 13.3 Å². The molecule has 1 rings (SSSR count). The topological polar surface area (TPSA) is 46.5 Å². The molecule has 0 aromatic carbocycles. The largest absolute Gasteiger partial charge is 0.460 e. The van der Waals surface area contributed by atoms with Crippen molar-refractivity contribution in [3.8, 4) is 0 Å². The van der Waals surface area contributed by atoms with Gasteiger partial charge in [-0.25, -0.2) is 4.79 Å². The van der Waals surface area contributed by atoms with Gasteiger partial charge in [-0.3, -0.25) is 0 Å². The minimum Gasteiger partial charge on any atom is -0.460 e. The molecule has 13 heavy (non-hydrogen) atoms. The lowest BCUT2D eigenvalue weighted by atomic mass is 9.89. The molecule has 1 aliphatic rings. The first kappa shape index (κ1) is 10.5. The maximum Gasteiger partial charge on any atom is 0.334 e. The van der Waals surface area contributed by atoms with Gasteiger partial charge < -0.3 is 9.84 Å². The molecule has 3 heteroatoms. The van der Waals surface area contributed by atoms with Gasteiger partial charge in [0.25, 0.3) is 0 Å². The number of rotatable bonds is 2. The SMILES string of the molecule is C[C@@H]1CCC[C@H](OC(=O)[C@H](C)O)C1. The van der Waals surface area contributed by atoms with E-state index in [9.17, 15) is 4.79 Å². The summed E-state index contributed by atoms with van der Waals surface area (Å²) in [5.74, 6) is 0.152. The standard InChI is InChI=1S/C10H18O3/c1-7-4-3-5-9(6-7)13-10(12)8(2)11/h7-9,11H,3-6H2,1-2H3/t7-,8+,9+/m1/s1. The normalized spacial score (nSPS) is 31.0. The van der Waals surface area contributed by atoms with Crippen LogP contribution in [0.1, 0.15) is 39.5 Å². The van der Waals surface area contributed by atoms with Crippen molar-refractivity contribution in [2.45, 2.75) is 51.7 Å². The van der Waals surface area contributed by atoms with Crippen molar-refractivity contribution in [2.24, 2.45) is 5.92 Å². The average molecular weight is 186 g/mol. The van der Waals surface area contributed by atoms with Crippen molar-refractivity contribution in [1.29, 1.82) is 0 Å². The molecule has 3 atom stereocenters. The molecule has 0 saturated heterocycles. The summed E-state index contributed by atoms with van der Waals surface area (Å²) < 4.78 is 5.13. The summed E-state index contributed by atoms with van der Waals surface area (Å²) in [4.78, 5) is 11.0. The number of hydrogen-bond donors (Lipinski definition) is 1. The van der Waals surface area contributed by atoms with Crippen LogP contribution in [0.15, 0.2) is 0 Å². The highest BCUT2D eigenvalue weighted by Gasteiger charge is 2.23. The zero-order valence-electron chi connectivity index (χ0n) is 8.32. The Bertz CT molecular complexity index is 177. The quantitative estimate of drug-likeness (QED) is 0.664. The monoisotopic (exact) mass is 186 g/mol. The van der Waals surface area contributed by atoms with E-state index in [4.69, 9.17) is 9.84 Å². The molecular weight excluding hydrogens is 168 g/mol. The summed E-state index contributed by atoms with van der Waals surface area (Å²) >= 11 is 0. The third-order valence-electron chi connectivity index (χ3n) is 2.51. The van der Waals surface area contributed by atoms with Gasteiger partial charge in [-0.05, 0) is 32.1 Å². The molecule has 0 aliphatic heterocycles. The first-order valence-electron chi connectivity index (χ1n) is 4.98. The fraction of sp³-hybridized carbons (Fsp3) is 0.900. The molecule has 1 aliphatic carbocycles. The van der Waals surface area contributed by atoms with Gasteiger partial charge in [0.1, 0.15) is 12.2 Å². The van der Waals surface area contributed by atoms with Crippen LogP contribution in [0.2, 0.25) is 0 Å². The first-order chi connectivity index (χ1) is 6.09. The second kappa shape index (κ2) is 4.61. The second-order valence-corrected chi connectivity index (χ2v) is 4.01. The van der Waals surface area contributed by atoms with Gasteiger partial charge >= 0.3 is 5.97 Å². The van der Waals surface area contributed by atoms with Crippen molar-refractivity contribution < 1.29 is 14.6 Å². The van der Waals surface area contributed by atoms with E-state index in [0.29, 0.717) is 5.92 Å². The Kier molecular flexibility index (Phi) is 3.72. The molecule has 0 aromatic heterocycles. The van der Waals surface area contributed by atoms with Crippen molar-refractivity contribution in [1.82, 2.24) is 0 Å². The van der Waals surface area contributed by atoms with E-state index in [-0.39, 0.29) is 6.10 Å². The van der Waals surface area contributed by atoms with Crippen molar-refractivity contribution in [3.05, 3.63) is 0 Å². The maximum atomic E-state index is 11.0. The van der Waals surface area contributed by atoms with Crippen LogP contribution < -0.4 is 0 Å². The molecule has 0 amide bonds. The zero-order valence-corrected chi connectivity index (χ0v) is 8.32. The summed E-state index contributed by atoms with van der Waals surface area (Å²) in [5.41, 5.74) is 0. The van der Waals surface area contributed by atoms with Crippen LogP contribution in [0.25, 0.3) is 0 Å². The third kappa shape index (κ3) is 3.35. The summed E-state index contributed by atoms with van der Waals surface area (Å²) in [7, 11) is 0. The summed E-state index contributed by atoms with van der Waals surface area (Å²) in [6, 6.07) is 0. The number of aliphatic hydroxyl groups is 1. The minimum absolute atomic E-state index is 0.0332. The molecule has 0 radical (unpaired) electrons.